The second-order valence-electron chi connectivity index (χ2n) is 4.08. The molecule has 0 fully saturated rings. The molecule has 19 heavy (non-hydrogen) atoms. The molecule has 1 amide bonds. The average molecular weight is 269 g/mol. The van der Waals surface area contributed by atoms with Gasteiger partial charge in [-0.15, -0.1) is 0 Å². The number of rotatable bonds is 3. The van der Waals surface area contributed by atoms with Crippen LogP contribution in [0, 0.1) is 0 Å². The van der Waals surface area contributed by atoms with E-state index in [1.165, 1.54) is 0 Å². The molecular formula is C14H11N3OS. The van der Waals surface area contributed by atoms with Crippen molar-refractivity contribution >= 4 is 17.2 Å². The minimum atomic E-state index is -0.433. The second-order valence-corrected chi connectivity index (χ2v) is 4.86. The van der Waals surface area contributed by atoms with Crippen LogP contribution < -0.4 is 5.73 Å². The highest BCUT2D eigenvalue weighted by Gasteiger charge is 2.15. The van der Waals surface area contributed by atoms with E-state index < -0.39 is 5.91 Å². The van der Waals surface area contributed by atoms with Gasteiger partial charge in [0.25, 0.3) is 5.91 Å². The van der Waals surface area contributed by atoms with Crippen LogP contribution in [0.25, 0.3) is 22.5 Å². The fraction of sp³-hybridized carbons (Fsp3) is 0. The summed E-state index contributed by atoms with van der Waals surface area (Å²) in [7, 11) is 0. The molecule has 3 rings (SSSR count). The summed E-state index contributed by atoms with van der Waals surface area (Å²) in [6.07, 6.45) is 3.43. The van der Waals surface area contributed by atoms with Gasteiger partial charge in [0.2, 0.25) is 0 Å². The highest BCUT2D eigenvalue weighted by Crippen LogP contribution is 2.29. The zero-order valence-electron chi connectivity index (χ0n) is 9.96. The Morgan fingerprint density at radius 1 is 1.21 bits per heavy atom. The van der Waals surface area contributed by atoms with Crippen molar-refractivity contribution in [2.75, 3.05) is 0 Å². The normalized spacial score (nSPS) is 10.5. The lowest BCUT2D eigenvalue weighted by atomic mass is 10.1. The fourth-order valence-corrected chi connectivity index (χ4v) is 2.62. The van der Waals surface area contributed by atoms with Gasteiger partial charge in [0.1, 0.15) is 0 Å². The van der Waals surface area contributed by atoms with Gasteiger partial charge in [0.05, 0.1) is 11.3 Å². The lowest BCUT2D eigenvalue weighted by Crippen LogP contribution is -2.10. The number of aromatic amines is 1. The third-order valence-electron chi connectivity index (χ3n) is 2.88. The summed E-state index contributed by atoms with van der Waals surface area (Å²) in [6.45, 7) is 0. The van der Waals surface area contributed by atoms with Crippen LogP contribution >= 0.6 is 11.3 Å². The van der Waals surface area contributed by atoms with Gasteiger partial charge in [0.15, 0.2) is 0 Å². The number of carbonyl (C=O) groups is 1. The summed E-state index contributed by atoms with van der Waals surface area (Å²) >= 11 is 1.58. The zero-order valence-corrected chi connectivity index (χ0v) is 10.8. The van der Waals surface area contributed by atoms with Crippen LogP contribution in [0.1, 0.15) is 10.4 Å². The van der Waals surface area contributed by atoms with Gasteiger partial charge < -0.3 is 10.7 Å². The van der Waals surface area contributed by atoms with Gasteiger partial charge >= 0.3 is 0 Å². The lowest BCUT2D eigenvalue weighted by Gasteiger charge is -1.97. The first-order chi connectivity index (χ1) is 9.25. The zero-order chi connectivity index (χ0) is 13.2. The molecule has 0 atom stereocenters. The number of pyridine rings is 1. The molecular weight excluding hydrogens is 258 g/mol. The summed E-state index contributed by atoms with van der Waals surface area (Å²) in [6, 6.07) is 7.51. The van der Waals surface area contributed by atoms with Crippen molar-refractivity contribution in [1.29, 1.82) is 0 Å². The maximum absolute atomic E-state index is 11.6. The molecule has 0 saturated heterocycles. The molecule has 0 aromatic carbocycles. The maximum Gasteiger partial charge on any atom is 0.250 e. The minimum Gasteiger partial charge on any atom is -0.366 e. The SMILES string of the molecule is NC(=O)c1cc(-c2ccncc2)[nH]c1-c1ccsc1. The van der Waals surface area contributed by atoms with Crippen molar-refractivity contribution in [3.8, 4) is 22.5 Å². The molecule has 0 unspecified atom stereocenters. The summed E-state index contributed by atoms with van der Waals surface area (Å²) in [5.41, 5.74) is 9.51. The van der Waals surface area contributed by atoms with Crippen LogP contribution in [-0.4, -0.2) is 15.9 Å². The summed E-state index contributed by atoms with van der Waals surface area (Å²) in [4.78, 5) is 18.8. The molecule has 0 bridgehead atoms. The Morgan fingerprint density at radius 2 is 2.00 bits per heavy atom. The lowest BCUT2D eigenvalue weighted by molar-refractivity contribution is 0.100. The van der Waals surface area contributed by atoms with E-state index >= 15 is 0 Å². The Balaban J connectivity index is 2.15. The van der Waals surface area contributed by atoms with Gasteiger partial charge in [-0.05, 0) is 29.6 Å². The third kappa shape index (κ3) is 2.15. The van der Waals surface area contributed by atoms with E-state index in [2.05, 4.69) is 9.97 Å². The van der Waals surface area contributed by atoms with Crippen molar-refractivity contribution in [2.45, 2.75) is 0 Å². The van der Waals surface area contributed by atoms with E-state index in [1.54, 1.807) is 29.8 Å². The standard InChI is InChI=1S/C14H11N3OS/c15-14(18)11-7-12(9-1-4-16-5-2-9)17-13(11)10-3-6-19-8-10/h1-8,17H,(H2,15,18). The predicted octanol–water partition coefficient (Wildman–Crippen LogP) is 2.90. The number of aromatic nitrogens is 2. The molecule has 0 spiro atoms. The number of hydrogen-bond acceptors (Lipinski definition) is 3. The van der Waals surface area contributed by atoms with Gasteiger partial charge in [-0.3, -0.25) is 9.78 Å². The van der Waals surface area contributed by atoms with E-state index in [-0.39, 0.29) is 0 Å². The topological polar surface area (TPSA) is 71.8 Å². The van der Waals surface area contributed by atoms with Crippen LogP contribution in [0.5, 0.6) is 0 Å². The number of nitrogens with one attached hydrogen (secondary N) is 1. The highest BCUT2D eigenvalue weighted by molar-refractivity contribution is 7.08. The van der Waals surface area contributed by atoms with E-state index in [4.69, 9.17) is 5.73 Å². The molecule has 0 saturated carbocycles. The summed E-state index contributed by atoms with van der Waals surface area (Å²) in [5.74, 6) is -0.433. The number of H-pyrrole nitrogens is 1. The quantitative estimate of drug-likeness (QED) is 0.767. The Labute approximate surface area is 113 Å². The van der Waals surface area contributed by atoms with Gasteiger partial charge in [-0.1, -0.05) is 0 Å². The summed E-state index contributed by atoms with van der Waals surface area (Å²) in [5, 5.41) is 3.95. The number of hydrogen-bond donors (Lipinski definition) is 2. The number of carbonyl (C=O) groups excluding carboxylic acids is 1. The van der Waals surface area contributed by atoms with Crippen molar-refractivity contribution in [3.63, 3.8) is 0 Å². The molecule has 0 aliphatic rings. The Hall–Kier alpha value is -2.40. The largest absolute Gasteiger partial charge is 0.366 e. The fourth-order valence-electron chi connectivity index (χ4n) is 1.97. The molecule has 3 heterocycles. The van der Waals surface area contributed by atoms with Crippen molar-refractivity contribution in [3.05, 3.63) is 53.0 Å². The van der Waals surface area contributed by atoms with Crippen LogP contribution in [-0.2, 0) is 0 Å². The number of nitrogens with two attached hydrogens (primary N) is 1. The monoisotopic (exact) mass is 269 g/mol. The molecule has 3 aromatic heterocycles. The number of amides is 1. The van der Waals surface area contributed by atoms with E-state index in [1.807, 2.05) is 29.0 Å². The number of primary amides is 1. The molecule has 0 radical (unpaired) electrons. The van der Waals surface area contributed by atoms with Crippen LogP contribution in [0.3, 0.4) is 0 Å². The third-order valence-corrected chi connectivity index (χ3v) is 3.57. The Kier molecular flexibility index (Phi) is 2.89. The van der Waals surface area contributed by atoms with Crippen LogP contribution in [0.2, 0.25) is 0 Å². The van der Waals surface area contributed by atoms with Crippen LogP contribution in [0.15, 0.2) is 47.4 Å². The summed E-state index contributed by atoms with van der Waals surface area (Å²) < 4.78 is 0. The van der Waals surface area contributed by atoms with E-state index in [0.29, 0.717) is 5.56 Å². The van der Waals surface area contributed by atoms with Gasteiger partial charge in [0, 0.05) is 34.6 Å². The Bertz CT molecular complexity index is 702. The van der Waals surface area contributed by atoms with Crippen LogP contribution in [0.4, 0.5) is 0 Å². The molecule has 5 heteroatoms. The molecule has 3 N–H and O–H groups in total. The first kappa shape index (κ1) is 11.7. The number of nitrogens with zero attached hydrogens (tertiary/aromatic N) is 1. The molecule has 3 aromatic rings. The minimum absolute atomic E-state index is 0.433. The first-order valence-electron chi connectivity index (χ1n) is 5.71. The van der Waals surface area contributed by atoms with E-state index in [9.17, 15) is 4.79 Å². The van der Waals surface area contributed by atoms with Gasteiger partial charge in [-0.2, -0.15) is 11.3 Å². The second kappa shape index (κ2) is 4.70. The smallest absolute Gasteiger partial charge is 0.250 e. The van der Waals surface area contributed by atoms with Crippen molar-refractivity contribution in [1.82, 2.24) is 9.97 Å². The molecule has 4 nitrogen and oxygen atoms in total. The van der Waals surface area contributed by atoms with Crippen molar-refractivity contribution in [2.24, 2.45) is 5.73 Å². The number of thiophene rings is 1. The maximum atomic E-state index is 11.6. The van der Waals surface area contributed by atoms with E-state index in [0.717, 1.165) is 22.5 Å². The molecule has 0 aliphatic heterocycles. The molecule has 0 aliphatic carbocycles. The average Bonchev–Trinajstić information content (AvgIpc) is 3.08. The highest BCUT2D eigenvalue weighted by atomic mass is 32.1. The Morgan fingerprint density at radius 3 is 2.63 bits per heavy atom. The predicted molar refractivity (Wildman–Crippen MR) is 75.9 cm³/mol. The van der Waals surface area contributed by atoms with Gasteiger partial charge in [-0.25, -0.2) is 0 Å². The molecule has 94 valence electrons. The van der Waals surface area contributed by atoms with Crippen molar-refractivity contribution < 1.29 is 4.79 Å². The first-order valence-corrected chi connectivity index (χ1v) is 6.66.